The topological polar surface area (TPSA) is 124 Å². The second-order valence-corrected chi connectivity index (χ2v) is 12.3. The third-order valence-electron chi connectivity index (χ3n) is 8.57. The Morgan fingerprint density at radius 3 is 2.58 bits per heavy atom. The second kappa shape index (κ2) is 13.1. The van der Waals surface area contributed by atoms with Crippen LogP contribution in [-0.2, 0) is 22.4 Å². The maximum atomic E-state index is 12.7. The Balaban J connectivity index is 1.01. The number of aromatic nitrogens is 1. The minimum absolute atomic E-state index is 0.0258. The van der Waals surface area contributed by atoms with E-state index in [1.54, 1.807) is 18.2 Å². The van der Waals surface area contributed by atoms with Crippen molar-refractivity contribution in [3.05, 3.63) is 62.8 Å². The summed E-state index contributed by atoms with van der Waals surface area (Å²) in [6, 6.07) is 10.9. The van der Waals surface area contributed by atoms with E-state index in [4.69, 9.17) is 4.74 Å². The van der Waals surface area contributed by atoms with E-state index in [1.165, 1.54) is 0 Å². The fraction of sp³-hybridized carbons (Fsp3) is 0.500. The van der Waals surface area contributed by atoms with Crippen LogP contribution >= 0.6 is 11.3 Å². The molecule has 0 radical (unpaired) electrons. The summed E-state index contributed by atoms with van der Waals surface area (Å²) in [6.07, 6.45) is -2.15. The first kappa shape index (κ1) is 31.0. The lowest BCUT2D eigenvalue weighted by Gasteiger charge is -2.29. The van der Waals surface area contributed by atoms with Gasteiger partial charge in [-0.15, -0.1) is 0 Å². The van der Waals surface area contributed by atoms with Crippen LogP contribution in [0.2, 0.25) is 0 Å². The molecule has 43 heavy (non-hydrogen) atoms. The van der Waals surface area contributed by atoms with Crippen molar-refractivity contribution < 1.29 is 32.6 Å². The molecule has 2 saturated carbocycles. The number of phenolic OH excluding ortho intramolecular Hbond substituents is 1. The number of aromatic hydroxyl groups is 1. The highest BCUT2D eigenvalue weighted by Gasteiger charge is 2.53. The third-order valence-corrected chi connectivity index (χ3v) is 9.53. The van der Waals surface area contributed by atoms with E-state index in [1.807, 2.05) is 25.2 Å². The molecule has 232 valence electrons. The number of amides is 1. The van der Waals surface area contributed by atoms with Crippen molar-refractivity contribution in [1.82, 2.24) is 20.5 Å². The van der Waals surface area contributed by atoms with Gasteiger partial charge >= 0.3 is 17.0 Å². The first-order valence-electron chi connectivity index (χ1n) is 14.4. The first-order valence-corrected chi connectivity index (χ1v) is 15.2. The Bertz CT molecular complexity index is 1510. The number of carbonyl (C=O) groups excluding carboxylic acids is 2. The van der Waals surface area contributed by atoms with Crippen LogP contribution in [-0.4, -0.2) is 78.4 Å². The number of phenols is 1. The van der Waals surface area contributed by atoms with Gasteiger partial charge in [0.25, 0.3) is 5.91 Å². The molecule has 2 fully saturated rings. The quantitative estimate of drug-likeness (QED) is 0.180. The number of H-pyrrole nitrogens is 1. The average molecular weight is 621 g/mol. The Hall–Kier alpha value is -3.42. The van der Waals surface area contributed by atoms with E-state index in [9.17, 15) is 32.7 Å². The number of nitrogens with zero attached hydrogens (tertiary/aromatic N) is 1. The van der Waals surface area contributed by atoms with Crippen LogP contribution in [0.4, 0.5) is 13.2 Å². The van der Waals surface area contributed by atoms with Crippen LogP contribution in [0.1, 0.15) is 40.7 Å². The van der Waals surface area contributed by atoms with Gasteiger partial charge in [0.05, 0.1) is 4.70 Å². The molecule has 3 aromatic rings. The molecular formula is C30H35F3N4O5S. The first-order chi connectivity index (χ1) is 20.5. The number of likely N-dealkylation sites (N-methyl/N-ethyl adjacent to an activating group) is 1. The smallest absolute Gasteiger partial charge is 0.490 e. The number of alkyl halides is 3. The Kier molecular flexibility index (Phi) is 9.42. The standard InChI is InChI=1S/C30H35F3N4O5S/c1-37(25-20-6-8-21(25)23(16-20)42-28(40)30(31,32)33)15-14-35-27(39)19-4-2-17(3-5-19)10-12-34-13-11-18-7-9-22(38)24-26(18)43-29(41)36-24/h2-5,7,9,20-21,23,25,34,38H,6,8,10-16H2,1H3,(H,35,39)(H,36,41)/t20-,21+,23+,25-/m0/s1. The van der Waals surface area contributed by atoms with Gasteiger partial charge in [-0.05, 0) is 87.5 Å². The maximum absolute atomic E-state index is 12.7. The van der Waals surface area contributed by atoms with Gasteiger partial charge in [0.1, 0.15) is 17.4 Å². The van der Waals surface area contributed by atoms with Gasteiger partial charge in [0, 0.05) is 30.6 Å². The highest BCUT2D eigenvalue weighted by Crippen LogP contribution is 2.48. The lowest BCUT2D eigenvalue weighted by atomic mass is 9.98. The molecule has 4 N–H and O–H groups in total. The monoisotopic (exact) mass is 620 g/mol. The number of carbonyl (C=O) groups is 2. The zero-order valence-corrected chi connectivity index (χ0v) is 24.5. The zero-order valence-electron chi connectivity index (χ0n) is 23.7. The van der Waals surface area contributed by atoms with E-state index >= 15 is 0 Å². The SMILES string of the molecule is CN(CCNC(=O)c1ccc(CCNCCc2ccc(O)c3[nH]c(=O)sc23)cc1)[C@H]1[C@H]2CC[C@@H]1[C@H](OC(=O)C(F)(F)F)C2. The van der Waals surface area contributed by atoms with Crippen LogP contribution in [0.15, 0.2) is 41.2 Å². The highest BCUT2D eigenvalue weighted by molar-refractivity contribution is 7.16. The second-order valence-electron chi connectivity index (χ2n) is 11.3. The molecule has 1 aromatic heterocycles. The van der Waals surface area contributed by atoms with Crippen molar-refractivity contribution >= 4 is 33.4 Å². The number of benzene rings is 2. The molecule has 1 heterocycles. The molecule has 5 rings (SSSR count). The van der Waals surface area contributed by atoms with Crippen molar-refractivity contribution in [2.45, 2.75) is 50.4 Å². The van der Waals surface area contributed by atoms with Crippen LogP contribution in [0.3, 0.4) is 0 Å². The maximum Gasteiger partial charge on any atom is 0.490 e. The number of thiazole rings is 1. The molecule has 2 aliphatic rings. The zero-order chi connectivity index (χ0) is 30.7. The number of fused-ring (bicyclic) bond motifs is 3. The molecular weight excluding hydrogens is 585 g/mol. The van der Waals surface area contributed by atoms with Gasteiger partial charge in [-0.1, -0.05) is 29.5 Å². The number of esters is 1. The molecule has 0 aliphatic heterocycles. The number of hydrogen-bond donors (Lipinski definition) is 4. The molecule has 2 aromatic carbocycles. The molecule has 1 amide bonds. The van der Waals surface area contributed by atoms with Crippen molar-refractivity contribution in [3.8, 4) is 5.75 Å². The minimum atomic E-state index is -4.99. The summed E-state index contributed by atoms with van der Waals surface area (Å²) in [4.78, 5) is 40.2. The number of aromatic amines is 1. The summed E-state index contributed by atoms with van der Waals surface area (Å²) in [5.41, 5.74) is 3.10. The highest BCUT2D eigenvalue weighted by atomic mass is 32.1. The molecule has 2 bridgehead atoms. The van der Waals surface area contributed by atoms with Gasteiger partial charge in [0.15, 0.2) is 0 Å². The van der Waals surface area contributed by atoms with Gasteiger partial charge < -0.3 is 30.4 Å². The average Bonchev–Trinajstić information content (AvgIpc) is 3.66. The molecule has 0 spiro atoms. The van der Waals surface area contributed by atoms with Crippen molar-refractivity contribution in [2.75, 3.05) is 33.2 Å². The summed E-state index contributed by atoms with van der Waals surface area (Å²) >= 11 is 1.09. The molecule has 13 heteroatoms. The molecule has 0 unspecified atom stereocenters. The summed E-state index contributed by atoms with van der Waals surface area (Å²) in [5, 5.41) is 16.2. The van der Waals surface area contributed by atoms with E-state index in [-0.39, 0.29) is 34.4 Å². The number of halogens is 3. The van der Waals surface area contributed by atoms with Gasteiger partial charge in [-0.25, -0.2) is 4.79 Å². The van der Waals surface area contributed by atoms with Gasteiger partial charge in [-0.2, -0.15) is 13.2 Å². The van der Waals surface area contributed by atoms with Crippen molar-refractivity contribution in [3.63, 3.8) is 0 Å². The predicted octanol–water partition coefficient (Wildman–Crippen LogP) is 3.60. The normalized spacial score (nSPS) is 21.5. The van der Waals surface area contributed by atoms with Crippen LogP contribution < -0.4 is 15.5 Å². The largest absolute Gasteiger partial charge is 0.506 e. The van der Waals surface area contributed by atoms with Crippen molar-refractivity contribution in [2.24, 2.45) is 11.8 Å². The number of rotatable bonds is 12. The van der Waals surface area contributed by atoms with Crippen LogP contribution in [0.5, 0.6) is 5.75 Å². The predicted molar refractivity (Wildman–Crippen MR) is 156 cm³/mol. The lowest BCUT2D eigenvalue weighted by molar-refractivity contribution is -0.207. The fourth-order valence-electron chi connectivity index (χ4n) is 6.53. The number of nitrogens with one attached hydrogen (secondary N) is 3. The lowest BCUT2D eigenvalue weighted by Crippen LogP contribution is -2.42. The summed E-state index contributed by atoms with van der Waals surface area (Å²) < 4.78 is 43.5. The summed E-state index contributed by atoms with van der Waals surface area (Å²) in [6.45, 7) is 2.37. The third kappa shape index (κ3) is 7.22. The van der Waals surface area contributed by atoms with E-state index in [0.29, 0.717) is 43.6 Å². The van der Waals surface area contributed by atoms with Crippen molar-refractivity contribution in [1.29, 1.82) is 0 Å². The van der Waals surface area contributed by atoms with E-state index < -0.39 is 18.2 Å². The molecule has 9 nitrogen and oxygen atoms in total. The Morgan fingerprint density at radius 2 is 1.84 bits per heavy atom. The fourth-order valence-corrected chi connectivity index (χ4v) is 7.43. The Morgan fingerprint density at radius 1 is 1.09 bits per heavy atom. The molecule has 4 atom stereocenters. The van der Waals surface area contributed by atoms with E-state index in [0.717, 1.165) is 53.0 Å². The van der Waals surface area contributed by atoms with Gasteiger partial charge in [-0.3, -0.25) is 9.59 Å². The Labute approximate surface area is 250 Å². The molecule has 2 aliphatic carbocycles. The van der Waals surface area contributed by atoms with Crippen LogP contribution in [0.25, 0.3) is 10.2 Å². The van der Waals surface area contributed by atoms with E-state index in [2.05, 4.69) is 20.5 Å². The van der Waals surface area contributed by atoms with Gasteiger partial charge in [0.2, 0.25) is 0 Å². The van der Waals surface area contributed by atoms with Crippen LogP contribution in [0, 0.1) is 11.8 Å². The summed E-state index contributed by atoms with van der Waals surface area (Å²) in [5.74, 6) is -2.20. The minimum Gasteiger partial charge on any atom is -0.506 e. The number of ether oxygens (including phenoxy) is 1. The molecule has 0 saturated heterocycles. The number of hydrogen-bond acceptors (Lipinski definition) is 8. The summed E-state index contributed by atoms with van der Waals surface area (Å²) in [7, 11) is 1.90.